The molecule has 0 atom stereocenters. The number of Topliss-reactive ketones (excluding diaryl/α,β-unsaturated/α-hetero) is 1. The van der Waals surface area contributed by atoms with Gasteiger partial charge in [-0.1, -0.05) is 0 Å². The molecular formula is C13H19N3O. The second kappa shape index (κ2) is 4.75. The van der Waals surface area contributed by atoms with Crippen LogP contribution >= 0.6 is 0 Å². The average Bonchev–Trinajstić information content (AvgIpc) is 2.29. The molecule has 1 fully saturated rings. The lowest BCUT2D eigenvalue weighted by Gasteiger charge is -2.34. The third-order valence-corrected chi connectivity index (χ3v) is 3.28. The molecule has 0 spiro atoms. The molecule has 4 heteroatoms. The van der Waals surface area contributed by atoms with Crippen LogP contribution in [0.15, 0.2) is 18.2 Å². The molecule has 0 bridgehead atoms. The fourth-order valence-electron chi connectivity index (χ4n) is 2.13. The highest BCUT2D eigenvalue weighted by molar-refractivity contribution is 5.99. The average molecular weight is 233 g/mol. The van der Waals surface area contributed by atoms with Crippen LogP contribution in [-0.4, -0.2) is 43.9 Å². The summed E-state index contributed by atoms with van der Waals surface area (Å²) in [6.45, 7) is 5.69. The van der Waals surface area contributed by atoms with Crippen LogP contribution in [-0.2, 0) is 0 Å². The van der Waals surface area contributed by atoms with Crippen molar-refractivity contribution in [2.24, 2.45) is 0 Å². The van der Waals surface area contributed by atoms with Crippen LogP contribution in [0.3, 0.4) is 0 Å². The third-order valence-electron chi connectivity index (χ3n) is 3.28. The van der Waals surface area contributed by atoms with Gasteiger partial charge in [0.05, 0.1) is 0 Å². The van der Waals surface area contributed by atoms with Crippen LogP contribution in [0.25, 0.3) is 0 Å². The Hall–Kier alpha value is -1.55. The Morgan fingerprint density at radius 3 is 2.41 bits per heavy atom. The Balaban J connectivity index is 2.17. The predicted molar refractivity (Wildman–Crippen MR) is 70.6 cm³/mol. The SMILES string of the molecule is CC(=O)c1ccc(N2CCN(C)CC2)cc1N. The van der Waals surface area contributed by atoms with E-state index in [1.807, 2.05) is 18.2 Å². The molecule has 0 amide bonds. The molecule has 92 valence electrons. The zero-order valence-electron chi connectivity index (χ0n) is 10.4. The van der Waals surface area contributed by atoms with Crippen molar-refractivity contribution in [3.63, 3.8) is 0 Å². The summed E-state index contributed by atoms with van der Waals surface area (Å²) in [5.41, 5.74) is 8.20. The van der Waals surface area contributed by atoms with Gasteiger partial charge in [0.2, 0.25) is 0 Å². The number of rotatable bonds is 2. The monoisotopic (exact) mass is 233 g/mol. The van der Waals surface area contributed by atoms with Gasteiger partial charge in [-0.05, 0) is 32.2 Å². The molecule has 1 heterocycles. The maximum absolute atomic E-state index is 11.3. The van der Waals surface area contributed by atoms with E-state index >= 15 is 0 Å². The number of anilines is 2. The summed E-state index contributed by atoms with van der Waals surface area (Å²) in [5, 5.41) is 0. The first-order chi connectivity index (χ1) is 8.08. The van der Waals surface area contributed by atoms with E-state index in [2.05, 4.69) is 16.8 Å². The van der Waals surface area contributed by atoms with Crippen molar-refractivity contribution < 1.29 is 4.79 Å². The van der Waals surface area contributed by atoms with E-state index in [0.717, 1.165) is 31.9 Å². The van der Waals surface area contributed by atoms with Crippen molar-refractivity contribution in [3.8, 4) is 0 Å². The Kier molecular flexibility index (Phi) is 3.33. The van der Waals surface area contributed by atoms with Crippen molar-refractivity contribution >= 4 is 17.2 Å². The quantitative estimate of drug-likeness (QED) is 0.616. The summed E-state index contributed by atoms with van der Waals surface area (Å²) in [6, 6.07) is 5.71. The van der Waals surface area contributed by atoms with Crippen molar-refractivity contribution in [2.45, 2.75) is 6.92 Å². The van der Waals surface area contributed by atoms with Gasteiger partial charge in [0.1, 0.15) is 0 Å². The molecule has 1 aliphatic rings. The highest BCUT2D eigenvalue weighted by Gasteiger charge is 2.15. The zero-order chi connectivity index (χ0) is 12.4. The van der Waals surface area contributed by atoms with E-state index in [1.165, 1.54) is 0 Å². The number of nitrogens with two attached hydrogens (primary N) is 1. The lowest BCUT2D eigenvalue weighted by molar-refractivity contribution is 0.101. The van der Waals surface area contributed by atoms with Crippen LogP contribution in [0.4, 0.5) is 11.4 Å². The van der Waals surface area contributed by atoms with E-state index < -0.39 is 0 Å². The van der Waals surface area contributed by atoms with Gasteiger partial charge >= 0.3 is 0 Å². The van der Waals surface area contributed by atoms with Crippen molar-refractivity contribution in [1.29, 1.82) is 0 Å². The number of piperazine rings is 1. The standard InChI is InChI=1S/C13H19N3O/c1-10(17)12-4-3-11(9-13(12)14)16-7-5-15(2)6-8-16/h3-4,9H,5-8,14H2,1-2H3. The number of carbonyl (C=O) groups is 1. The van der Waals surface area contributed by atoms with Crippen LogP contribution in [0.1, 0.15) is 17.3 Å². The number of hydrogen-bond donors (Lipinski definition) is 1. The van der Waals surface area contributed by atoms with E-state index in [9.17, 15) is 4.79 Å². The minimum atomic E-state index is 0.0208. The van der Waals surface area contributed by atoms with Crippen molar-refractivity contribution in [1.82, 2.24) is 4.90 Å². The van der Waals surface area contributed by atoms with Gasteiger partial charge < -0.3 is 15.5 Å². The molecule has 4 nitrogen and oxygen atoms in total. The number of hydrogen-bond acceptors (Lipinski definition) is 4. The summed E-state index contributed by atoms with van der Waals surface area (Å²) in [5.74, 6) is 0.0208. The molecule has 1 aromatic rings. The van der Waals surface area contributed by atoms with Gasteiger partial charge in [0, 0.05) is 43.1 Å². The van der Waals surface area contributed by atoms with Crippen molar-refractivity contribution in [2.75, 3.05) is 43.9 Å². The van der Waals surface area contributed by atoms with Gasteiger partial charge in [0.25, 0.3) is 0 Å². The maximum atomic E-state index is 11.3. The second-order valence-electron chi connectivity index (χ2n) is 4.62. The molecule has 17 heavy (non-hydrogen) atoms. The lowest BCUT2D eigenvalue weighted by Crippen LogP contribution is -2.44. The highest BCUT2D eigenvalue weighted by atomic mass is 16.1. The molecule has 1 aliphatic heterocycles. The number of nitrogen functional groups attached to an aromatic ring is 1. The third kappa shape index (κ3) is 2.58. The summed E-state index contributed by atoms with van der Waals surface area (Å²) in [7, 11) is 2.13. The van der Waals surface area contributed by atoms with Crippen LogP contribution in [0.2, 0.25) is 0 Å². The molecule has 1 aromatic carbocycles. The topological polar surface area (TPSA) is 49.6 Å². The number of likely N-dealkylation sites (N-methyl/N-ethyl adjacent to an activating group) is 1. The van der Waals surface area contributed by atoms with Crippen LogP contribution in [0, 0.1) is 0 Å². The molecule has 0 radical (unpaired) electrons. The zero-order valence-corrected chi connectivity index (χ0v) is 10.4. The Morgan fingerprint density at radius 1 is 1.24 bits per heavy atom. The number of ketones is 1. The normalized spacial score (nSPS) is 17.2. The van der Waals surface area contributed by atoms with Gasteiger partial charge in [-0.2, -0.15) is 0 Å². The van der Waals surface area contributed by atoms with Gasteiger partial charge in [-0.25, -0.2) is 0 Å². The second-order valence-corrected chi connectivity index (χ2v) is 4.62. The first-order valence-electron chi connectivity index (χ1n) is 5.92. The number of nitrogens with zero attached hydrogens (tertiary/aromatic N) is 2. The molecule has 0 saturated carbocycles. The summed E-state index contributed by atoms with van der Waals surface area (Å²) in [4.78, 5) is 15.9. The fraction of sp³-hybridized carbons (Fsp3) is 0.462. The first kappa shape index (κ1) is 11.9. The highest BCUT2D eigenvalue weighted by Crippen LogP contribution is 2.22. The van der Waals surface area contributed by atoms with E-state index in [0.29, 0.717) is 11.3 Å². The Labute approximate surface area is 102 Å². The van der Waals surface area contributed by atoms with E-state index in [4.69, 9.17) is 5.73 Å². The van der Waals surface area contributed by atoms with Crippen LogP contribution in [0.5, 0.6) is 0 Å². The lowest BCUT2D eigenvalue weighted by atomic mass is 10.1. The minimum Gasteiger partial charge on any atom is -0.398 e. The maximum Gasteiger partial charge on any atom is 0.161 e. The van der Waals surface area contributed by atoms with E-state index in [1.54, 1.807) is 6.92 Å². The predicted octanol–water partition coefficient (Wildman–Crippen LogP) is 1.22. The molecule has 2 N–H and O–H groups in total. The number of benzene rings is 1. The molecule has 1 saturated heterocycles. The minimum absolute atomic E-state index is 0.0208. The smallest absolute Gasteiger partial charge is 0.161 e. The number of carbonyl (C=O) groups excluding carboxylic acids is 1. The molecule has 0 aromatic heterocycles. The first-order valence-corrected chi connectivity index (χ1v) is 5.92. The Morgan fingerprint density at radius 2 is 1.88 bits per heavy atom. The van der Waals surface area contributed by atoms with Gasteiger partial charge in [0.15, 0.2) is 5.78 Å². The Bertz CT molecular complexity index is 423. The summed E-state index contributed by atoms with van der Waals surface area (Å²) >= 11 is 0. The molecule has 2 rings (SSSR count). The van der Waals surface area contributed by atoms with Crippen molar-refractivity contribution in [3.05, 3.63) is 23.8 Å². The molecule has 0 aliphatic carbocycles. The van der Waals surface area contributed by atoms with Crippen LogP contribution < -0.4 is 10.6 Å². The molecule has 0 unspecified atom stereocenters. The van der Waals surface area contributed by atoms with Gasteiger partial charge in [-0.15, -0.1) is 0 Å². The molecular weight excluding hydrogens is 214 g/mol. The fourth-order valence-corrected chi connectivity index (χ4v) is 2.13. The van der Waals surface area contributed by atoms with Gasteiger partial charge in [-0.3, -0.25) is 4.79 Å². The largest absolute Gasteiger partial charge is 0.398 e. The van der Waals surface area contributed by atoms with E-state index in [-0.39, 0.29) is 5.78 Å². The summed E-state index contributed by atoms with van der Waals surface area (Å²) in [6.07, 6.45) is 0. The summed E-state index contributed by atoms with van der Waals surface area (Å²) < 4.78 is 0.